The minimum absolute atomic E-state index is 0.112. The van der Waals surface area contributed by atoms with Crippen LogP contribution in [0.5, 0.6) is 57.5 Å². The number of unbranched alkanes of at least 4 members (excludes halogenated alkanes) is 2. The van der Waals surface area contributed by atoms with Crippen molar-refractivity contribution in [3.8, 4) is 68.6 Å². The van der Waals surface area contributed by atoms with Gasteiger partial charge in [0.15, 0.2) is 29.9 Å². The molecule has 7 aromatic carbocycles. The number of carbonyl (C=O) groups excluding carboxylic acids is 8. The van der Waals surface area contributed by atoms with Crippen LogP contribution in [0.15, 0.2) is 127 Å². The predicted molar refractivity (Wildman–Crippen MR) is 435 cm³/mol. The van der Waals surface area contributed by atoms with Crippen molar-refractivity contribution < 1.29 is 132 Å². The van der Waals surface area contributed by atoms with Gasteiger partial charge in [-0.15, -0.1) is 0 Å². The average Bonchev–Trinajstić information content (AvgIpc) is 0.758. The van der Waals surface area contributed by atoms with Crippen LogP contribution in [0.1, 0.15) is 140 Å². The molecule has 7 heterocycles. The van der Waals surface area contributed by atoms with Crippen molar-refractivity contribution in [2.24, 2.45) is 11.7 Å². The Morgan fingerprint density at radius 1 is 0.667 bits per heavy atom. The predicted octanol–water partition coefficient (Wildman–Crippen LogP) is 4.38. The SMILES string of the molecule is CN[C@H](CC(C)C)C(=O)N[C@H]1C(=O)N[C@@H](CC(N)=O)C(=O)N[C@H]2C(=O)N[C@H]3C(=O)N[C@H](C(=O)N[C@H](C(=O)O)c4cc(O)cc(O)c4-c4cc3ccc4O)[C@H](O)c3ccc(c(Cl)c3)Oc3cc2cc(c3O[C@@H]2O[C@H](CO)[C@@H](O)[C@H](O)[C@H]2O[C@H]2C[C@](C)(NCc3ccc(OCCCCCOc4ccc(C=O)cc4)cc3)[C@H](O)[C@H](C)O2)Oc2ccc(cc2Cl)[C@H]1O. The molecular weight excluding hydrogens is 1650 g/mol. The standard InChI is InChI=1S/C85H95Cl2N9O27/c1-38(2)25-53(89-5)77(108)95-68-70(103)43-14-21-57(51(86)27-43)119-59-29-45-30-60(74(59)123-84-75(73(106)72(105)61(37-98)121-84)122-63-34-85(4,76(107)39(3)118-63)90-35-40-9-16-47(17-10-40)116-23-7-6-8-24-117-48-18-11-41(36-97)12-19-48)120-58-22-15-44(28-52(58)87)71(104)69-82(113)94-67(83(114)115)50-31-46(99)32-56(101)64(50)49-26-42(13-20-55(49)100)65(79(110)96-69)93-80(111)66(45)92-78(109)54(33-62(88)102)91-81(68)112/h9-22,26-32,36,38-39,53-54,61,63,65-73,75-76,84,89-90,98-101,103-107H,6-8,23-25,33-35,37H2,1-5H3,(H2,88,102)(H,91,112)(H,92,109)(H,93,111)(H,94,113)(H,95,108)(H,96,110)(H,114,115)/t39-,53+,54-,61+,63-,65+,66+,67-,68+,69-,70+,71+,72+,73-,75+,76+,84-,85-/m0/s1. The summed E-state index contributed by atoms with van der Waals surface area (Å²) in [4.78, 5) is 129. The molecule has 11 bridgehead atoms. The zero-order valence-corrected chi connectivity index (χ0v) is 68.4. The Balaban J connectivity index is 0.962. The van der Waals surface area contributed by atoms with Gasteiger partial charge in [0.1, 0.15) is 107 Å². The number of benzene rings is 7. The van der Waals surface area contributed by atoms with E-state index in [9.17, 15) is 79.8 Å². The van der Waals surface area contributed by atoms with Gasteiger partial charge in [-0.05, 0) is 171 Å². The fourth-order valence-electron chi connectivity index (χ4n) is 15.1. The topological polar surface area (TPSA) is 552 Å². The van der Waals surface area contributed by atoms with E-state index in [1.54, 1.807) is 50.2 Å². The zero-order chi connectivity index (χ0) is 88.6. The Morgan fingerprint density at radius 2 is 1.27 bits per heavy atom. The molecular formula is C85H95Cl2N9O27. The van der Waals surface area contributed by atoms with Crippen molar-refractivity contribution in [1.82, 2.24) is 42.5 Å². The molecule has 0 aromatic heterocycles. The number of rotatable bonds is 25. The van der Waals surface area contributed by atoms with E-state index in [0.717, 1.165) is 97.8 Å². The molecule has 7 amide bonds. The zero-order valence-electron chi connectivity index (χ0n) is 66.9. The van der Waals surface area contributed by atoms with Gasteiger partial charge >= 0.3 is 5.97 Å². The molecule has 656 valence electrons. The number of carboxylic acids is 1. The number of likely N-dealkylation sites (N-methyl/N-ethyl adjacent to an activating group) is 1. The summed E-state index contributed by atoms with van der Waals surface area (Å²) < 4.78 is 51.3. The minimum Gasteiger partial charge on any atom is -0.508 e. The summed E-state index contributed by atoms with van der Waals surface area (Å²) in [5, 5.41) is 137. The van der Waals surface area contributed by atoms with Crippen molar-refractivity contribution in [3.05, 3.63) is 176 Å². The maximum absolute atomic E-state index is 16.2. The molecule has 0 spiro atoms. The molecule has 123 heavy (non-hydrogen) atoms. The summed E-state index contributed by atoms with van der Waals surface area (Å²) in [5.41, 5.74) is 2.96. The Morgan fingerprint density at radius 3 is 1.86 bits per heavy atom. The number of aliphatic carboxylic acids is 1. The second-order valence-corrected chi connectivity index (χ2v) is 31.9. The van der Waals surface area contributed by atoms with Gasteiger partial charge in [-0.2, -0.15) is 0 Å². The van der Waals surface area contributed by atoms with Gasteiger partial charge in [0.25, 0.3) is 0 Å². The largest absolute Gasteiger partial charge is 0.508 e. The van der Waals surface area contributed by atoms with Gasteiger partial charge in [-0.3, -0.25) is 38.4 Å². The number of primary amides is 1. The molecule has 2 saturated heterocycles. The third-order valence-corrected chi connectivity index (χ3v) is 22.3. The smallest absolute Gasteiger partial charge is 0.330 e. The van der Waals surface area contributed by atoms with E-state index in [-0.39, 0.29) is 52.8 Å². The van der Waals surface area contributed by atoms with Crippen LogP contribution in [0.4, 0.5) is 0 Å². The van der Waals surface area contributed by atoms with Gasteiger partial charge in [0.2, 0.25) is 53.4 Å². The molecule has 7 aromatic rings. The minimum atomic E-state index is -2.37. The van der Waals surface area contributed by atoms with Crippen molar-refractivity contribution in [2.75, 3.05) is 26.9 Å². The van der Waals surface area contributed by atoms with Gasteiger partial charge < -0.3 is 137 Å². The number of carbonyl (C=O) groups is 9. The Labute approximate surface area is 713 Å². The first kappa shape index (κ1) is 90.7. The van der Waals surface area contributed by atoms with E-state index in [1.165, 1.54) is 19.2 Å². The number of aldehydes is 1. The Hall–Kier alpha value is -11.5. The molecule has 20 N–H and O–H groups in total. The Kier molecular flexibility index (Phi) is 29.0. The van der Waals surface area contributed by atoms with E-state index in [2.05, 4.69) is 42.5 Å². The number of amides is 7. The number of phenols is 3. The molecule has 7 aliphatic rings. The van der Waals surface area contributed by atoms with Crippen molar-refractivity contribution >= 4 is 76.8 Å². The number of fused-ring (bicyclic) bond motifs is 15. The van der Waals surface area contributed by atoms with E-state index < -0.39 is 237 Å². The number of nitrogens with one attached hydrogen (secondary N) is 8. The summed E-state index contributed by atoms with van der Waals surface area (Å²) in [6, 6.07) is 13.4. The summed E-state index contributed by atoms with van der Waals surface area (Å²) in [5.74, 6) is -14.9. The van der Waals surface area contributed by atoms with Gasteiger partial charge in [-0.25, -0.2) is 4.79 Å². The lowest BCUT2D eigenvalue weighted by Gasteiger charge is -2.48. The summed E-state index contributed by atoms with van der Waals surface area (Å²) in [7, 11) is 1.47. The average molecular weight is 1750 g/mol. The molecule has 38 heteroatoms. The Bertz CT molecular complexity index is 5090. The molecule has 36 nitrogen and oxygen atoms in total. The van der Waals surface area contributed by atoms with E-state index in [0.29, 0.717) is 30.3 Å². The first-order valence-corrected chi connectivity index (χ1v) is 40.2. The third kappa shape index (κ3) is 21.1. The molecule has 0 aliphatic carbocycles. The van der Waals surface area contributed by atoms with Crippen molar-refractivity contribution in [2.45, 2.75) is 182 Å². The summed E-state index contributed by atoms with van der Waals surface area (Å²) in [6.07, 6.45) is -15.7. The fourth-order valence-corrected chi connectivity index (χ4v) is 15.5. The third-order valence-electron chi connectivity index (χ3n) is 21.7. The van der Waals surface area contributed by atoms with Crippen molar-refractivity contribution in [1.29, 1.82) is 0 Å². The van der Waals surface area contributed by atoms with Crippen molar-refractivity contribution in [3.63, 3.8) is 0 Å². The highest BCUT2D eigenvalue weighted by molar-refractivity contribution is 6.32. The number of phenolic OH excluding ortho intramolecular Hbond substituents is 3. The lowest BCUT2D eigenvalue weighted by molar-refractivity contribution is -0.334. The van der Waals surface area contributed by atoms with E-state index in [4.69, 9.17) is 66.8 Å². The van der Waals surface area contributed by atoms with Crippen LogP contribution in [-0.4, -0.2) is 210 Å². The van der Waals surface area contributed by atoms with E-state index >= 15 is 14.4 Å². The number of halogens is 2. The number of hydrogen-bond donors (Lipinski definition) is 19. The number of aliphatic hydroxyl groups is 6. The highest BCUT2D eigenvalue weighted by Gasteiger charge is 2.52. The van der Waals surface area contributed by atoms with Crippen LogP contribution in [0.3, 0.4) is 0 Å². The first-order chi connectivity index (χ1) is 58.6. The molecule has 14 rings (SSSR count). The van der Waals surface area contributed by atoms with Gasteiger partial charge in [0, 0.05) is 46.8 Å². The second-order valence-electron chi connectivity index (χ2n) is 31.1. The van der Waals surface area contributed by atoms with Crippen LogP contribution in [0, 0.1) is 5.92 Å². The lowest BCUT2D eigenvalue weighted by Crippen LogP contribution is -2.65. The van der Waals surface area contributed by atoms with Crippen LogP contribution < -0.4 is 72.0 Å². The molecule has 7 aliphatic heterocycles. The van der Waals surface area contributed by atoms with Crippen LogP contribution in [0.2, 0.25) is 10.0 Å². The molecule has 0 saturated carbocycles. The number of ether oxygens (including phenoxy) is 8. The fraction of sp³-hybridized carbons (Fsp3) is 0.400. The van der Waals surface area contributed by atoms with Crippen LogP contribution in [-0.2, 0) is 59.1 Å². The first-order valence-electron chi connectivity index (χ1n) is 39.4. The van der Waals surface area contributed by atoms with Gasteiger partial charge in [-0.1, -0.05) is 67.4 Å². The summed E-state index contributed by atoms with van der Waals surface area (Å²) in [6.45, 7) is 7.00. The second kappa shape index (κ2) is 39.4. The maximum Gasteiger partial charge on any atom is 0.330 e. The van der Waals surface area contributed by atoms with Crippen LogP contribution >= 0.6 is 23.2 Å². The molecule has 0 radical (unpaired) electrons. The highest BCUT2D eigenvalue weighted by atomic mass is 35.5. The van der Waals surface area contributed by atoms with E-state index in [1.807, 2.05) is 26.0 Å². The van der Waals surface area contributed by atoms with Gasteiger partial charge in [0.05, 0.1) is 54.5 Å². The highest BCUT2D eigenvalue weighted by Crippen LogP contribution is 2.50. The lowest BCUT2D eigenvalue weighted by atomic mass is 9.84. The number of aromatic hydroxyl groups is 3. The number of carboxylic acid groups (broad SMARTS) is 1. The molecule has 0 unspecified atom stereocenters. The monoisotopic (exact) mass is 1740 g/mol. The number of hydrogen-bond acceptors (Lipinski definition) is 28. The number of aliphatic hydroxyl groups excluding tert-OH is 6. The summed E-state index contributed by atoms with van der Waals surface area (Å²) >= 11 is 14.3. The quantitative estimate of drug-likeness (QED) is 0.0279. The van der Waals surface area contributed by atoms with Crippen LogP contribution in [0.25, 0.3) is 11.1 Å². The molecule has 2 fully saturated rings. The normalized spacial score (nSPS) is 26.1. The molecule has 18 atom stereocenters. The number of nitrogens with two attached hydrogens (primary N) is 1. The maximum atomic E-state index is 16.2.